The first-order valence-corrected chi connectivity index (χ1v) is 12.3. The summed E-state index contributed by atoms with van der Waals surface area (Å²) in [5.41, 5.74) is 1.41. The third-order valence-corrected chi connectivity index (χ3v) is 8.44. The number of anilines is 1. The normalized spacial score (nSPS) is 22.7. The molecule has 1 aromatic heterocycles. The molecule has 1 amide bonds. The molecule has 0 bridgehead atoms. The lowest BCUT2D eigenvalue weighted by atomic mass is 9.88. The molecule has 2 heterocycles. The van der Waals surface area contributed by atoms with Crippen LogP contribution in [0.15, 0.2) is 0 Å². The number of hydrogen-bond acceptors (Lipinski definition) is 7. The van der Waals surface area contributed by atoms with Crippen LogP contribution in [0.3, 0.4) is 0 Å². The van der Waals surface area contributed by atoms with Gasteiger partial charge < -0.3 is 10.1 Å². The number of esters is 1. The summed E-state index contributed by atoms with van der Waals surface area (Å²) < 4.78 is 28.5. The van der Waals surface area contributed by atoms with E-state index in [2.05, 4.69) is 18.2 Å². The number of sulfone groups is 1. The van der Waals surface area contributed by atoms with Gasteiger partial charge in [-0.3, -0.25) is 9.69 Å². The van der Waals surface area contributed by atoms with Gasteiger partial charge >= 0.3 is 5.97 Å². The molecule has 2 aliphatic rings. The van der Waals surface area contributed by atoms with Crippen molar-refractivity contribution in [2.75, 3.05) is 37.0 Å². The van der Waals surface area contributed by atoms with Crippen LogP contribution < -0.4 is 5.32 Å². The highest BCUT2D eigenvalue weighted by Crippen LogP contribution is 2.40. The van der Waals surface area contributed by atoms with Gasteiger partial charge in [0.05, 0.1) is 37.3 Å². The Balaban J connectivity index is 1.77. The Kier molecular flexibility index (Phi) is 6.66. The zero-order valence-electron chi connectivity index (χ0n) is 16.7. The molecule has 0 radical (unpaired) electrons. The van der Waals surface area contributed by atoms with E-state index in [1.807, 2.05) is 0 Å². The zero-order valence-corrected chi connectivity index (χ0v) is 18.3. The van der Waals surface area contributed by atoms with Gasteiger partial charge in [0.25, 0.3) is 0 Å². The van der Waals surface area contributed by atoms with Crippen LogP contribution in [0.25, 0.3) is 0 Å². The quantitative estimate of drug-likeness (QED) is 0.537. The van der Waals surface area contributed by atoms with Crippen molar-refractivity contribution >= 4 is 38.1 Å². The number of carbonyl (C=O) groups is 2. The van der Waals surface area contributed by atoms with E-state index in [0.717, 1.165) is 29.7 Å². The molecule has 1 fully saturated rings. The standard InChI is InChI=1S/C20H26N2O5S2/c1-4-8-22(14-7-9-29(25,26)12-14)11-17(23)21-19-18(20(24)27-3)15-6-5-13(2)10-16(15)28-19/h1,13-14H,5-12H2,2-3H3,(H,21,23). The van der Waals surface area contributed by atoms with E-state index in [4.69, 9.17) is 11.2 Å². The van der Waals surface area contributed by atoms with Crippen molar-refractivity contribution in [2.45, 2.75) is 38.6 Å². The number of terminal acetylenes is 1. The Bertz CT molecular complexity index is 945. The number of thiophene rings is 1. The first-order valence-electron chi connectivity index (χ1n) is 9.64. The SMILES string of the molecule is C#CCN(CC(=O)Nc1sc2c(c1C(=O)OC)CCC(C)C2)C1CCS(=O)(=O)C1. The Labute approximate surface area is 175 Å². The van der Waals surface area contributed by atoms with Crippen molar-refractivity contribution in [1.29, 1.82) is 0 Å². The summed E-state index contributed by atoms with van der Waals surface area (Å²) in [6.07, 6.45) is 8.55. The molecular weight excluding hydrogens is 412 g/mol. The summed E-state index contributed by atoms with van der Waals surface area (Å²) in [4.78, 5) is 27.9. The fourth-order valence-electron chi connectivity index (χ4n) is 4.00. The maximum absolute atomic E-state index is 12.7. The van der Waals surface area contributed by atoms with Crippen molar-refractivity contribution in [2.24, 2.45) is 5.92 Å². The molecule has 0 spiro atoms. The number of fused-ring (bicyclic) bond motifs is 1. The highest BCUT2D eigenvalue weighted by Gasteiger charge is 2.33. The topological polar surface area (TPSA) is 92.8 Å². The number of nitrogens with one attached hydrogen (secondary N) is 1. The van der Waals surface area contributed by atoms with Gasteiger partial charge in [0.15, 0.2) is 9.84 Å². The number of nitrogens with zero attached hydrogens (tertiary/aromatic N) is 1. The minimum atomic E-state index is -3.08. The molecule has 1 aromatic rings. The molecule has 7 nitrogen and oxygen atoms in total. The molecule has 1 N–H and O–H groups in total. The number of rotatable bonds is 6. The summed E-state index contributed by atoms with van der Waals surface area (Å²) in [5, 5.41) is 3.35. The number of amides is 1. The largest absolute Gasteiger partial charge is 0.465 e. The first-order chi connectivity index (χ1) is 13.7. The smallest absolute Gasteiger partial charge is 0.341 e. The number of hydrogen-bond donors (Lipinski definition) is 1. The predicted molar refractivity (Wildman–Crippen MR) is 113 cm³/mol. The van der Waals surface area contributed by atoms with Gasteiger partial charge in [-0.1, -0.05) is 12.8 Å². The van der Waals surface area contributed by atoms with Gasteiger partial charge in [0.2, 0.25) is 5.91 Å². The Morgan fingerprint density at radius 1 is 1.38 bits per heavy atom. The predicted octanol–water partition coefficient (Wildman–Crippen LogP) is 1.72. The highest BCUT2D eigenvalue weighted by atomic mass is 32.2. The van der Waals surface area contributed by atoms with Crippen LogP contribution >= 0.6 is 11.3 Å². The van der Waals surface area contributed by atoms with Gasteiger partial charge in [-0.05, 0) is 37.2 Å². The average Bonchev–Trinajstić information content (AvgIpc) is 3.19. The molecule has 2 unspecified atom stereocenters. The summed E-state index contributed by atoms with van der Waals surface area (Å²) in [5.74, 6) is 2.40. The lowest BCUT2D eigenvalue weighted by Gasteiger charge is -2.25. The molecule has 0 saturated carbocycles. The number of methoxy groups -OCH3 is 1. The maximum Gasteiger partial charge on any atom is 0.341 e. The molecule has 1 aliphatic carbocycles. The molecule has 158 valence electrons. The van der Waals surface area contributed by atoms with Crippen molar-refractivity contribution < 1.29 is 22.7 Å². The molecular formula is C20H26N2O5S2. The Morgan fingerprint density at radius 2 is 2.14 bits per heavy atom. The van der Waals surface area contributed by atoms with E-state index in [0.29, 0.717) is 22.9 Å². The number of carbonyl (C=O) groups excluding carboxylic acids is 2. The third kappa shape index (κ3) is 5.00. The van der Waals surface area contributed by atoms with Gasteiger partial charge in [-0.2, -0.15) is 0 Å². The average molecular weight is 439 g/mol. The lowest BCUT2D eigenvalue weighted by molar-refractivity contribution is -0.117. The fraction of sp³-hybridized carbons (Fsp3) is 0.600. The van der Waals surface area contributed by atoms with E-state index in [1.54, 1.807) is 4.90 Å². The summed E-state index contributed by atoms with van der Waals surface area (Å²) in [7, 11) is -1.75. The molecule has 2 atom stereocenters. The lowest BCUT2D eigenvalue weighted by Crippen LogP contribution is -2.41. The van der Waals surface area contributed by atoms with Crippen LogP contribution in [0.2, 0.25) is 0 Å². The summed E-state index contributed by atoms with van der Waals surface area (Å²) >= 11 is 1.42. The summed E-state index contributed by atoms with van der Waals surface area (Å²) in [6.45, 7) is 2.34. The second-order valence-electron chi connectivity index (χ2n) is 7.76. The van der Waals surface area contributed by atoms with Crippen LogP contribution in [-0.2, 0) is 32.2 Å². The minimum absolute atomic E-state index is 0.0144. The van der Waals surface area contributed by atoms with Gasteiger partial charge in [-0.25, -0.2) is 13.2 Å². The molecule has 3 rings (SSSR count). The van der Waals surface area contributed by atoms with E-state index in [1.165, 1.54) is 18.4 Å². The molecule has 1 saturated heterocycles. The van der Waals surface area contributed by atoms with Crippen LogP contribution in [0, 0.1) is 18.3 Å². The number of ether oxygens (including phenoxy) is 1. The monoisotopic (exact) mass is 438 g/mol. The van der Waals surface area contributed by atoms with Crippen LogP contribution in [0.4, 0.5) is 5.00 Å². The van der Waals surface area contributed by atoms with Crippen LogP contribution in [0.5, 0.6) is 0 Å². The van der Waals surface area contributed by atoms with Gasteiger partial charge in [0, 0.05) is 10.9 Å². The van der Waals surface area contributed by atoms with Crippen molar-refractivity contribution in [1.82, 2.24) is 4.90 Å². The van der Waals surface area contributed by atoms with E-state index < -0.39 is 15.8 Å². The second-order valence-corrected chi connectivity index (χ2v) is 11.1. The van der Waals surface area contributed by atoms with Crippen LogP contribution in [-0.4, -0.2) is 62.9 Å². The second kappa shape index (κ2) is 8.86. The highest BCUT2D eigenvalue weighted by molar-refractivity contribution is 7.91. The molecule has 9 heteroatoms. The summed E-state index contributed by atoms with van der Waals surface area (Å²) in [6, 6.07) is -0.265. The fourth-order valence-corrected chi connectivity index (χ4v) is 7.18. The Morgan fingerprint density at radius 3 is 2.76 bits per heavy atom. The first kappa shape index (κ1) is 21.8. The molecule has 0 aromatic carbocycles. The third-order valence-electron chi connectivity index (χ3n) is 5.52. The Hall–Kier alpha value is -1.89. The van der Waals surface area contributed by atoms with Crippen molar-refractivity contribution in [3.8, 4) is 12.3 Å². The van der Waals surface area contributed by atoms with Crippen molar-refractivity contribution in [3.05, 3.63) is 16.0 Å². The zero-order chi connectivity index (χ0) is 21.2. The van der Waals surface area contributed by atoms with E-state index >= 15 is 0 Å². The van der Waals surface area contributed by atoms with E-state index in [9.17, 15) is 18.0 Å². The minimum Gasteiger partial charge on any atom is -0.465 e. The van der Waals surface area contributed by atoms with Crippen LogP contribution in [0.1, 0.15) is 40.6 Å². The van der Waals surface area contributed by atoms with Gasteiger partial charge in [0.1, 0.15) is 5.00 Å². The van der Waals surface area contributed by atoms with Gasteiger partial charge in [-0.15, -0.1) is 17.8 Å². The van der Waals surface area contributed by atoms with Crippen molar-refractivity contribution in [3.63, 3.8) is 0 Å². The molecule has 29 heavy (non-hydrogen) atoms. The van der Waals surface area contributed by atoms with E-state index in [-0.39, 0.29) is 36.5 Å². The maximum atomic E-state index is 12.7. The molecule has 1 aliphatic heterocycles.